The molecule has 154 valence electrons. The number of nitriles is 1. The first-order valence-corrected chi connectivity index (χ1v) is 9.74. The van der Waals surface area contributed by atoms with Gasteiger partial charge in [0, 0.05) is 18.8 Å². The predicted molar refractivity (Wildman–Crippen MR) is 118 cm³/mol. The molecular weight excluding hydrogens is 390 g/mol. The topological polar surface area (TPSA) is 108 Å². The van der Waals surface area contributed by atoms with E-state index in [0.717, 1.165) is 16.7 Å². The maximum Gasteiger partial charge on any atom is 0.269 e. The molecule has 0 atom stereocenters. The third-order valence-corrected chi connectivity index (χ3v) is 5.04. The van der Waals surface area contributed by atoms with Crippen LogP contribution in [0, 0.1) is 11.3 Å². The molecular formula is C23H21N7O. The number of hydrogen-bond donors (Lipinski definition) is 2. The number of hydrogen-bond acceptors (Lipinski definition) is 6. The zero-order valence-electron chi connectivity index (χ0n) is 17.4. The highest BCUT2D eigenvalue weighted by molar-refractivity contribution is 5.92. The Kier molecular flexibility index (Phi) is 5.09. The largest absolute Gasteiger partial charge is 0.354 e. The summed E-state index contributed by atoms with van der Waals surface area (Å²) in [5.74, 6) is 0.176. The Morgan fingerprint density at radius 3 is 2.55 bits per heavy atom. The molecule has 1 amide bonds. The molecule has 0 saturated carbocycles. The van der Waals surface area contributed by atoms with Gasteiger partial charge in [-0.3, -0.25) is 4.79 Å². The van der Waals surface area contributed by atoms with Gasteiger partial charge in [-0.2, -0.15) is 10.2 Å². The number of nitrogens with zero attached hydrogens (tertiary/aromatic N) is 5. The number of benzene rings is 1. The molecule has 3 aromatic heterocycles. The fourth-order valence-corrected chi connectivity index (χ4v) is 3.17. The smallest absolute Gasteiger partial charge is 0.269 e. The van der Waals surface area contributed by atoms with Crippen molar-refractivity contribution in [2.24, 2.45) is 0 Å². The van der Waals surface area contributed by atoms with Gasteiger partial charge in [0.05, 0.1) is 23.4 Å². The van der Waals surface area contributed by atoms with Crippen LogP contribution in [0.1, 0.15) is 29.9 Å². The van der Waals surface area contributed by atoms with E-state index in [1.54, 1.807) is 29.9 Å². The van der Waals surface area contributed by atoms with Gasteiger partial charge >= 0.3 is 0 Å². The number of nitrogens with one attached hydrogen (secondary N) is 2. The molecule has 0 saturated heterocycles. The Morgan fingerprint density at radius 1 is 1.13 bits per heavy atom. The second-order valence-corrected chi connectivity index (χ2v) is 7.58. The summed E-state index contributed by atoms with van der Waals surface area (Å²) in [4.78, 5) is 20.4. The van der Waals surface area contributed by atoms with Crippen molar-refractivity contribution in [3.8, 4) is 17.2 Å². The van der Waals surface area contributed by atoms with E-state index < -0.39 is 5.41 Å². The van der Waals surface area contributed by atoms with E-state index in [2.05, 4.69) is 31.8 Å². The Bertz CT molecular complexity index is 1280. The number of pyridine rings is 2. The molecule has 8 nitrogen and oxygen atoms in total. The van der Waals surface area contributed by atoms with Gasteiger partial charge in [-0.15, -0.1) is 5.10 Å². The van der Waals surface area contributed by atoms with Gasteiger partial charge in [0.1, 0.15) is 5.69 Å². The lowest BCUT2D eigenvalue weighted by Gasteiger charge is -2.16. The van der Waals surface area contributed by atoms with E-state index in [4.69, 9.17) is 0 Å². The first-order valence-electron chi connectivity index (χ1n) is 9.74. The summed E-state index contributed by atoms with van der Waals surface area (Å²) in [6, 6.07) is 17.5. The second kappa shape index (κ2) is 7.88. The summed E-state index contributed by atoms with van der Waals surface area (Å²) in [5.41, 5.74) is 4.04. The van der Waals surface area contributed by atoms with Gasteiger partial charge in [-0.1, -0.05) is 24.3 Å². The average molecular weight is 411 g/mol. The molecule has 31 heavy (non-hydrogen) atoms. The second-order valence-electron chi connectivity index (χ2n) is 7.58. The summed E-state index contributed by atoms with van der Waals surface area (Å²) < 4.78 is 1.71. The molecule has 8 heteroatoms. The number of fused-ring (bicyclic) bond motifs is 1. The van der Waals surface area contributed by atoms with Crippen molar-refractivity contribution in [1.29, 1.82) is 5.26 Å². The lowest BCUT2D eigenvalue weighted by atomic mass is 9.85. The molecule has 0 aliphatic rings. The van der Waals surface area contributed by atoms with E-state index in [1.807, 2.05) is 56.4 Å². The van der Waals surface area contributed by atoms with Crippen LogP contribution in [0.15, 0.2) is 60.9 Å². The quantitative estimate of drug-likeness (QED) is 0.518. The minimum Gasteiger partial charge on any atom is -0.354 e. The molecule has 2 N–H and O–H groups in total. The van der Waals surface area contributed by atoms with Crippen LogP contribution in [0.3, 0.4) is 0 Å². The molecule has 0 spiro atoms. The van der Waals surface area contributed by atoms with Crippen molar-refractivity contribution in [1.82, 2.24) is 24.9 Å². The summed E-state index contributed by atoms with van der Waals surface area (Å²) in [5, 5.41) is 19.5. The van der Waals surface area contributed by atoms with Gasteiger partial charge in [-0.25, -0.2) is 9.50 Å². The molecule has 3 heterocycles. The van der Waals surface area contributed by atoms with Crippen LogP contribution in [-0.2, 0) is 5.41 Å². The van der Waals surface area contributed by atoms with Crippen molar-refractivity contribution in [3.05, 3.63) is 72.2 Å². The summed E-state index contributed by atoms with van der Waals surface area (Å²) in [6.07, 6.45) is 3.39. The van der Waals surface area contributed by atoms with Crippen LogP contribution in [0.25, 0.3) is 16.8 Å². The van der Waals surface area contributed by atoms with E-state index in [-0.39, 0.29) is 5.91 Å². The van der Waals surface area contributed by atoms with E-state index in [0.29, 0.717) is 23.0 Å². The third-order valence-electron chi connectivity index (χ3n) is 5.04. The van der Waals surface area contributed by atoms with Crippen LogP contribution < -0.4 is 10.6 Å². The monoisotopic (exact) mass is 411 g/mol. The summed E-state index contributed by atoms with van der Waals surface area (Å²) in [6.45, 7) is 3.80. The number of carbonyl (C=O) groups is 1. The van der Waals surface area contributed by atoms with Crippen LogP contribution in [0.2, 0.25) is 0 Å². The van der Waals surface area contributed by atoms with Crippen molar-refractivity contribution in [3.63, 3.8) is 0 Å². The summed E-state index contributed by atoms with van der Waals surface area (Å²) in [7, 11) is 1.56. The van der Waals surface area contributed by atoms with Crippen LogP contribution in [0.5, 0.6) is 0 Å². The van der Waals surface area contributed by atoms with Crippen molar-refractivity contribution < 1.29 is 4.79 Å². The molecule has 0 unspecified atom stereocenters. The average Bonchev–Trinajstić information content (AvgIpc) is 3.21. The zero-order chi connectivity index (χ0) is 22.0. The first-order chi connectivity index (χ1) is 14.9. The SMILES string of the molecule is CNC(=O)c1ccc(Nc2nc3c(-c4ccc(C(C)(C)C#N)cc4)cccn3n2)cn1. The minimum atomic E-state index is -0.544. The van der Waals surface area contributed by atoms with E-state index in [1.165, 1.54) is 0 Å². The lowest BCUT2D eigenvalue weighted by Crippen LogP contribution is -2.18. The van der Waals surface area contributed by atoms with Gasteiger partial charge in [0.25, 0.3) is 5.91 Å². The van der Waals surface area contributed by atoms with E-state index in [9.17, 15) is 10.1 Å². The Balaban J connectivity index is 1.63. The highest BCUT2D eigenvalue weighted by atomic mass is 16.1. The Morgan fingerprint density at radius 2 is 1.90 bits per heavy atom. The molecule has 0 aliphatic heterocycles. The van der Waals surface area contributed by atoms with Gasteiger partial charge < -0.3 is 10.6 Å². The highest BCUT2D eigenvalue weighted by Gasteiger charge is 2.19. The number of aromatic nitrogens is 4. The zero-order valence-corrected chi connectivity index (χ0v) is 17.4. The molecule has 1 aromatic carbocycles. The Hall–Kier alpha value is -4.25. The van der Waals surface area contributed by atoms with Crippen molar-refractivity contribution in [2.45, 2.75) is 19.3 Å². The van der Waals surface area contributed by atoms with Gasteiger partial charge in [0.2, 0.25) is 5.95 Å². The maximum absolute atomic E-state index is 11.6. The molecule has 0 bridgehead atoms. The minimum absolute atomic E-state index is 0.244. The molecule has 0 radical (unpaired) electrons. The number of rotatable bonds is 5. The standard InChI is InChI=1S/C23H21N7O/c1-23(2,14-24)16-8-6-15(7-9-16)18-5-4-12-30-20(18)28-22(29-30)27-17-10-11-19(26-13-17)21(31)25-3/h4-13H,1-3H3,(H,25,31)(H,27,29). The number of amides is 1. The highest BCUT2D eigenvalue weighted by Crippen LogP contribution is 2.28. The number of anilines is 2. The molecule has 0 aliphatic carbocycles. The van der Waals surface area contributed by atoms with E-state index >= 15 is 0 Å². The van der Waals surface area contributed by atoms with Gasteiger partial charge in [0.15, 0.2) is 5.65 Å². The van der Waals surface area contributed by atoms with Gasteiger partial charge in [-0.05, 0) is 49.2 Å². The van der Waals surface area contributed by atoms with Crippen LogP contribution >= 0.6 is 0 Å². The van der Waals surface area contributed by atoms with Crippen LogP contribution in [0.4, 0.5) is 11.6 Å². The Labute approximate surface area is 179 Å². The maximum atomic E-state index is 11.6. The predicted octanol–water partition coefficient (Wildman–Crippen LogP) is 3.70. The van der Waals surface area contributed by atoms with Crippen LogP contribution in [-0.4, -0.2) is 32.5 Å². The fraction of sp³-hybridized carbons (Fsp3) is 0.174. The first kappa shape index (κ1) is 20.0. The molecule has 4 rings (SSSR count). The fourth-order valence-electron chi connectivity index (χ4n) is 3.17. The normalized spacial score (nSPS) is 11.2. The van der Waals surface area contributed by atoms with Crippen molar-refractivity contribution in [2.75, 3.05) is 12.4 Å². The summed E-state index contributed by atoms with van der Waals surface area (Å²) >= 11 is 0. The number of carbonyl (C=O) groups excluding carboxylic acids is 1. The molecule has 0 fully saturated rings. The lowest BCUT2D eigenvalue weighted by molar-refractivity contribution is 0.0958. The van der Waals surface area contributed by atoms with Crippen molar-refractivity contribution >= 4 is 23.2 Å². The molecule has 4 aromatic rings. The third kappa shape index (κ3) is 3.94.